The van der Waals surface area contributed by atoms with E-state index in [0.29, 0.717) is 40.4 Å². The number of aliphatic imine (C=N–C) groups is 1. The fourth-order valence-electron chi connectivity index (χ4n) is 3.87. The summed E-state index contributed by atoms with van der Waals surface area (Å²) in [6.07, 6.45) is 4.40. The monoisotopic (exact) mass is 494 g/mol. The molecule has 35 heavy (non-hydrogen) atoms. The molecule has 1 fully saturated rings. The molecular formula is C24H27BClFN7O. The van der Waals surface area contributed by atoms with Gasteiger partial charge in [-0.15, -0.1) is 0 Å². The summed E-state index contributed by atoms with van der Waals surface area (Å²) in [6.45, 7) is 9.43. The van der Waals surface area contributed by atoms with E-state index in [1.807, 2.05) is 39.3 Å². The number of likely N-dealkylation sites (N-methyl/N-ethyl adjacent to an activating group) is 1. The molecule has 4 rings (SSSR count). The summed E-state index contributed by atoms with van der Waals surface area (Å²) in [6, 6.07) is 3.18. The van der Waals surface area contributed by atoms with Crippen molar-refractivity contribution in [1.29, 1.82) is 0 Å². The predicted molar refractivity (Wildman–Crippen MR) is 137 cm³/mol. The number of nitrogens with one attached hydrogen (secondary N) is 2. The molecule has 8 nitrogen and oxygen atoms in total. The topological polar surface area (TPSA) is 86.9 Å². The van der Waals surface area contributed by atoms with Crippen LogP contribution in [0.3, 0.4) is 0 Å². The molecule has 1 aliphatic heterocycles. The second-order valence-corrected chi connectivity index (χ2v) is 8.82. The molecular weight excluding hydrogens is 468 g/mol. The van der Waals surface area contributed by atoms with Crippen molar-refractivity contribution < 1.29 is 9.18 Å². The Balaban J connectivity index is 1.49. The lowest BCUT2D eigenvalue weighted by Gasteiger charge is -2.18. The van der Waals surface area contributed by atoms with Gasteiger partial charge in [-0.25, -0.2) is 14.4 Å². The molecule has 2 N–H and O–H groups in total. The molecule has 0 unspecified atom stereocenters. The van der Waals surface area contributed by atoms with E-state index in [1.54, 1.807) is 10.6 Å². The Hall–Kier alpha value is -3.24. The fraction of sp³-hybridized carbons (Fsp3) is 0.333. The molecule has 1 saturated heterocycles. The van der Waals surface area contributed by atoms with Crippen LogP contribution in [0.15, 0.2) is 36.1 Å². The molecule has 1 amide bonds. The summed E-state index contributed by atoms with van der Waals surface area (Å²) >= 11 is 6.27. The number of pyridine rings is 2. The van der Waals surface area contributed by atoms with Crippen LogP contribution in [0.5, 0.6) is 0 Å². The summed E-state index contributed by atoms with van der Waals surface area (Å²) in [5.41, 5.74) is 3.46. The third-order valence-corrected chi connectivity index (χ3v) is 6.27. The van der Waals surface area contributed by atoms with Crippen LogP contribution in [-0.4, -0.2) is 58.6 Å². The second-order valence-electron chi connectivity index (χ2n) is 8.41. The van der Waals surface area contributed by atoms with Crippen molar-refractivity contribution in [3.8, 4) is 0 Å². The molecule has 0 aromatic carbocycles. The number of nitrogens with zero attached hydrogens (tertiary/aromatic N) is 5. The quantitative estimate of drug-likeness (QED) is 0.514. The van der Waals surface area contributed by atoms with Gasteiger partial charge in [0.05, 0.1) is 22.2 Å². The molecule has 11 heteroatoms. The average Bonchev–Trinajstić information content (AvgIpc) is 3.05. The first-order valence-electron chi connectivity index (χ1n) is 11.4. The zero-order valence-electron chi connectivity index (χ0n) is 20.0. The Morgan fingerprint density at radius 3 is 2.97 bits per heavy atom. The smallest absolute Gasteiger partial charge is 0.270 e. The number of halogens is 2. The maximum Gasteiger partial charge on any atom is 0.270 e. The SMILES string of the molecule is C=C(N=C1C[B]NCCN1C)c1ncc(CNC(=O)c2c(CC)nc3cc(C)c(Cl)cn23)cc1F. The molecule has 0 saturated carbocycles. The number of aromatic nitrogens is 3. The van der Waals surface area contributed by atoms with Gasteiger partial charge < -0.3 is 15.4 Å². The Labute approximate surface area is 209 Å². The zero-order chi connectivity index (χ0) is 25.1. The maximum atomic E-state index is 14.9. The highest BCUT2D eigenvalue weighted by Gasteiger charge is 2.20. The Bertz CT molecular complexity index is 1320. The summed E-state index contributed by atoms with van der Waals surface area (Å²) in [4.78, 5) is 28.3. The maximum absolute atomic E-state index is 14.9. The van der Waals surface area contributed by atoms with Crippen LogP contribution in [0, 0.1) is 12.7 Å². The second kappa shape index (κ2) is 10.6. The van der Waals surface area contributed by atoms with E-state index >= 15 is 0 Å². The number of amides is 1. The number of carbonyl (C=O) groups excluding carboxylic acids is 1. The molecule has 3 aromatic heterocycles. The van der Waals surface area contributed by atoms with Gasteiger partial charge in [0.2, 0.25) is 7.41 Å². The van der Waals surface area contributed by atoms with Crippen molar-refractivity contribution in [1.82, 2.24) is 29.8 Å². The first kappa shape index (κ1) is 24.9. The van der Waals surface area contributed by atoms with E-state index in [4.69, 9.17) is 11.6 Å². The third-order valence-electron chi connectivity index (χ3n) is 5.87. The summed E-state index contributed by atoms with van der Waals surface area (Å²) < 4.78 is 16.6. The molecule has 0 aliphatic carbocycles. The number of hydrogen-bond donors (Lipinski definition) is 2. The minimum absolute atomic E-state index is 0.0817. The highest BCUT2D eigenvalue weighted by Crippen LogP contribution is 2.22. The van der Waals surface area contributed by atoms with Gasteiger partial charge in [0.25, 0.3) is 5.91 Å². The van der Waals surface area contributed by atoms with Gasteiger partial charge in [-0.05, 0) is 42.9 Å². The average molecular weight is 495 g/mol. The van der Waals surface area contributed by atoms with E-state index in [9.17, 15) is 9.18 Å². The van der Waals surface area contributed by atoms with E-state index in [0.717, 1.165) is 24.5 Å². The van der Waals surface area contributed by atoms with Crippen LogP contribution in [-0.2, 0) is 13.0 Å². The Morgan fingerprint density at radius 1 is 1.43 bits per heavy atom. The molecule has 1 radical (unpaired) electrons. The van der Waals surface area contributed by atoms with Crippen LogP contribution < -0.4 is 10.5 Å². The largest absolute Gasteiger partial charge is 0.362 e. The molecule has 3 aromatic rings. The van der Waals surface area contributed by atoms with E-state index in [1.165, 1.54) is 12.3 Å². The van der Waals surface area contributed by atoms with Crippen LogP contribution in [0.1, 0.15) is 39.9 Å². The van der Waals surface area contributed by atoms with Gasteiger partial charge >= 0.3 is 0 Å². The number of rotatable bonds is 6. The van der Waals surface area contributed by atoms with Gasteiger partial charge in [-0.3, -0.25) is 14.2 Å². The molecule has 4 heterocycles. The Kier molecular flexibility index (Phi) is 7.52. The van der Waals surface area contributed by atoms with Crippen molar-refractivity contribution in [3.05, 3.63) is 70.2 Å². The number of carbonyl (C=O) groups is 1. The van der Waals surface area contributed by atoms with Crippen molar-refractivity contribution in [2.75, 3.05) is 20.1 Å². The van der Waals surface area contributed by atoms with Gasteiger partial charge in [0.15, 0.2) is 5.82 Å². The van der Waals surface area contributed by atoms with Gasteiger partial charge in [0.1, 0.15) is 17.0 Å². The van der Waals surface area contributed by atoms with Crippen molar-refractivity contribution in [3.63, 3.8) is 0 Å². The van der Waals surface area contributed by atoms with Gasteiger partial charge in [-0.2, -0.15) is 0 Å². The lowest BCUT2D eigenvalue weighted by Crippen LogP contribution is -2.28. The summed E-state index contributed by atoms with van der Waals surface area (Å²) in [5, 5.41) is 6.56. The van der Waals surface area contributed by atoms with Crippen molar-refractivity contribution in [2.45, 2.75) is 33.1 Å². The van der Waals surface area contributed by atoms with Gasteiger partial charge in [0, 0.05) is 39.1 Å². The minimum Gasteiger partial charge on any atom is -0.362 e. The van der Waals surface area contributed by atoms with Gasteiger partial charge in [-0.1, -0.05) is 25.1 Å². The van der Waals surface area contributed by atoms with Crippen molar-refractivity contribution >= 4 is 42.1 Å². The van der Waals surface area contributed by atoms with Crippen LogP contribution in [0.2, 0.25) is 11.3 Å². The number of fused-ring (bicyclic) bond motifs is 1. The number of amidine groups is 1. The highest BCUT2D eigenvalue weighted by molar-refractivity contribution is 6.39. The van der Waals surface area contributed by atoms with Crippen LogP contribution >= 0.6 is 11.6 Å². The number of imidazole rings is 1. The van der Waals surface area contributed by atoms with E-state index < -0.39 is 5.82 Å². The van der Waals surface area contributed by atoms with E-state index in [2.05, 4.69) is 32.1 Å². The Morgan fingerprint density at radius 2 is 2.23 bits per heavy atom. The molecule has 0 spiro atoms. The third kappa shape index (κ3) is 5.38. The standard InChI is InChI=1S/C24H27BClFN7O/c1-5-19-23(34-13-17(26)14(2)8-20(34)32-19)24(35)29-12-16-9-18(27)22(28-11-16)15(3)31-21-10-25-30-6-7-33(21)4/h8-9,11,13,30H,3,5-7,10,12H2,1-2,4H3,(H,29,35). The lowest BCUT2D eigenvalue weighted by atomic mass is 9.89. The minimum atomic E-state index is -0.546. The van der Waals surface area contributed by atoms with Crippen molar-refractivity contribution in [2.24, 2.45) is 4.99 Å². The number of hydrogen-bond acceptors (Lipinski definition) is 5. The summed E-state index contributed by atoms with van der Waals surface area (Å²) in [5.74, 6) is -0.0841. The normalized spacial score (nSPS) is 15.2. The fourth-order valence-corrected chi connectivity index (χ4v) is 4.02. The zero-order valence-corrected chi connectivity index (χ0v) is 20.8. The molecule has 0 atom stereocenters. The molecule has 1 aliphatic rings. The first-order valence-corrected chi connectivity index (χ1v) is 11.8. The molecule has 0 bridgehead atoms. The number of aryl methyl sites for hydroxylation is 2. The van der Waals surface area contributed by atoms with Crippen LogP contribution in [0.25, 0.3) is 11.3 Å². The highest BCUT2D eigenvalue weighted by atomic mass is 35.5. The van der Waals surface area contributed by atoms with E-state index in [-0.39, 0.29) is 23.8 Å². The first-order chi connectivity index (χ1) is 16.8. The lowest BCUT2D eigenvalue weighted by molar-refractivity contribution is 0.0944. The van der Waals surface area contributed by atoms with Crippen LogP contribution in [0.4, 0.5) is 4.39 Å². The molecule has 181 valence electrons. The predicted octanol–water partition coefficient (Wildman–Crippen LogP) is 3.26. The summed E-state index contributed by atoms with van der Waals surface area (Å²) in [7, 11) is 3.86.